The second-order valence-corrected chi connectivity index (χ2v) is 12.4. The molecule has 0 bridgehead atoms. The molecule has 0 atom stereocenters. The van der Waals surface area contributed by atoms with Crippen LogP contribution in [0.1, 0.15) is 92.5 Å². The third-order valence-electron chi connectivity index (χ3n) is 9.75. The SMILES string of the molecule is CCO.COc1ccc(CN2CC3(CCCC3)c3ccc(C)cc32)cc1.Cl.Oc1ccc2c(c1)CCC21CCCC1. The van der Waals surface area contributed by atoms with Crippen LogP contribution in [0.2, 0.25) is 0 Å². The van der Waals surface area contributed by atoms with E-state index in [1.165, 1.54) is 98.7 Å². The summed E-state index contributed by atoms with van der Waals surface area (Å²) in [6.07, 6.45) is 13.4. The maximum Gasteiger partial charge on any atom is 0.118 e. The van der Waals surface area contributed by atoms with Crippen molar-refractivity contribution in [1.82, 2.24) is 0 Å². The molecular weight excluding hydrogens is 530 g/mol. The first-order valence-electron chi connectivity index (χ1n) is 15.3. The molecule has 2 fully saturated rings. The molecule has 0 radical (unpaired) electrons. The predicted octanol–water partition coefficient (Wildman–Crippen LogP) is 8.41. The topological polar surface area (TPSA) is 52.9 Å². The Morgan fingerprint density at radius 2 is 1.41 bits per heavy atom. The summed E-state index contributed by atoms with van der Waals surface area (Å²) in [5, 5.41) is 17.0. The van der Waals surface area contributed by atoms with Gasteiger partial charge in [-0.25, -0.2) is 0 Å². The highest BCUT2D eigenvalue weighted by Gasteiger charge is 2.44. The van der Waals surface area contributed by atoms with E-state index in [1.807, 2.05) is 12.1 Å². The number of phenolic OH excluding ortho intramolecular Hbond substituents is 1. The predicted molar refractivity (Wildman–Crippen MR) is 172 cm³/mol. The summed E-state index contributed by atoms with van der Waals surface area (Å²) in [7, 11) is 1.72. The van der Waals surface area contributed by atoms with Crippen LogP contribution in [0.5, 0.6) is 11.5 Å². The fourth-order valence-electron chi connectivity index (χ4n) is 7.84. The number of hydrogen-bond donors (Lipinski definition) is 2. The minimum absolute atomic E-state index is 0. The van der Waals surface area contributed by atoms with Crippen LogP contribution in [0.25, 0.3) is 0 Å². The number of anilines is 1. The van der Waals surface area contributed by atoms with E-state index in [1.54, 1.807) is 19.6 Å². The molecule has 2 N–H and O–H groups in total. The molecule has 5 heteroatoms. The second kappa shape index (κ2) is 13.5. The van der Waals surface area contributed by atoms with Gasteiger partial charge in [0.2, 0.25) is 0 Å². The van der Waals surface area contributed by atoms with Gasteiger partial charge in [0.25, 0.3) is 0 Å². The van der Waals surface area contributed by atoms with Crippen molar-refractivity contribution in [3.63, 3.8) is 0 Å². The maximum absolute atomic E-state index is 9.43. The van der Waals surface area contributed by atoms with Gasteiger partial charge in [-0.05, 0) is 116 Å². The number of hydrogen-bond acceptors (Lipinski definition) is 4. The molecule has 4 nitrogen and oxygen atoms in total. The van der Waals surface area contributed by atoms with Gasteiger partial charge in [0.1, 0.15) is 11.5 Å². The number of aryl methyl sites for hydroxylation is 2. The van der Waals surface area contributed by atoms with E-state index < -0.39 is 0 Å². The largest absolute Gasteiger partial charge is 0.508 e. The number of halogens is 1. The van der Waals surface area contributed by atoms with Crippen molar-refractivity contribution in [3.8, 4) is 11.5 Å². The number of phenols is 1. The molecule has 41 heavy (non-hydrogen) atoms. The number of ether oxygens (including phenoxy) is 1. The molecule has 1 aliphatic heterocycles. The quantitative estimate of drug-likeness (QED) is 0.328. The number of aromatic hydroxyl groups is 1. The van der Waals surface area contributed by atoms with Crippen molar-refractivity contribution < 1.29 is 14.9 Å². The lowest BCUT2D eigenvalue weighted by Crippen LogP contribution is -2.30. The van der Waals surface area contributed by atoms with Crippen molar-refractivity contribution in [3.05, 3.63) is 88.5 Å². The lowest BCUT2D eigenvalue weighted by atomic mass is 9.80. The molecule has 1 heterocycles. The van der Waals surface area contributed by atoms with Gasteiger partial charge >= 0.3 is 0 Å². The first kappa shape index (κ1) is 31.3. The van der Waals surface area contributed by atoms with E-state index >= 15 is 0 Å². The molecule has 0 saturated heterocycles. The zero-order chi connectivity index (χ0) is 28.2. The molecule has 2 saturated carbocycles. The zero-order valence-electron chi connectivity index (χ0n) is 25.1. The average molecular weight is 578 g/mol. The van der Waals surface area contributed by atoms with Gasteiger partial charge in [-0.2, -0.15) is 0 Å². The van der Waals surface area contributed by atoms with Crippen LogP contribution in [-0.4, -0.2) is 30.5 Å². The van der Waals surface area contributed by atoms with Crippen molar-refractivity contribution in [1.29, 1.82) is 0 Å². The van der Waals surface area contributed by atoms with Gasteiger partial charge in [-0.15, -0.1) is 12.4 Å². The molecule has 4 aliphatic rings. The first-order chi connectivity index (χ1) is 19.4. The Kier molecular flexibility index (Phi) is 10.3. The molecule has 3 aromatic rings. The summed E-state index contributed by atoms with van der Waals surface area (Å²) in [6.45, 7) is 6.30. The average Bonchev–Trinajstić information content (AvgIpc) is 3.75. The highest BCUT2D eigenvalue weighted by Crippen LogP contribution is 2.52. The molecule has 0 unspecified atom stereocenters. The zero-order valence-corrected chi connectivity index (χ0v) is 25.9. The monoisotopic (exact) mass is 577 g/mol. The van der Waals surface area contributed by atoms with Crippen LogP contribution in [0, 0.1) is 6.92 Å². The molecule has 0 amide bonds. The van der Waals surface area contributed by atoms with E-state index in [9.17, 15) is 5.11 Å². The Labute approximate surface area is 253 Å². The van der Waals surface area contributed by atoms with Crippen LogP contribution in [0.4, 0.5) is 5.69 Å². The van der Waals surface area contributed by atoms with Crippen LogP contribution in [0.15, 0.2) is 60.7 Å². The van der Waals surface area contributed by atoms with E-state index in [0.29, 0.717) is 16.6 Å². The number of fused-ring (bicyclic) bond motifs is 4. The Morgan fingerprint density at radius 3 is 2.05 bits per heavy atom. The molecule has 7 rings (SSSR count). The van der Waals surface area contributed by atoms with E-state index in [2.05, 4.69) is 60.4 Å². The summed E-state index contributed by atoms with van der Waals surface area (Å²) in [4.78, 5) is 2.59. The molecule has 3 aliphatic carbocycles. The van der Waals surface area contributed by atoms with E-state index in [4.69, 9.17) is 9.84 Å². The Morgan fingerprint density at radius 1 is 0.805 bits per heavy atom. The summed E-state index contributed by atoms with van der Waals surface area (Å²) in [5.74, 6) is 1.36. The van der Waals surface area contributed by atoms with Crippen LogP contribution in [0.3, 0.4) is 0 Å². The maximum atomic E-state index is 9.43. The molecule has 222 valence electrons. The molecule has 2 spiro atoms. The van der Waals surface area contributed by atoms with Crippen molar-refractivity contribution in [2.75, 3.05) is 25.2 Å². The minimum Gasteiger partial charge on any atom is -0.508 e. The van der Waals surface area contributed by atoms with Gasteiger partial charge < -0.3 is 19.8 Å². The van der Waals surface area contributed by atoms with Crippen molar-refractivity contribution in [2.24, 2.45) is 0 Å². The van der Waals surface area contributed by atoms with Crippen molar-refractivity contribution in [2.45, 2.75) is 95.4 Å². The molecule has 0 aromatic heterocycles. The lowest BCUT2D eigenvalue weighted by molar-refractivity contribution is 0.318. The van der Waals surface area contributed by atoms with Crippen molar-refractivity contribution >= 4 is 18.1 Å². The minimum atomic E-state index is 0. The standard InChI is InChI=1S/C21H25NO.C13H16O.C2H6O.ClH/c1-16-5-10-19-20(13-16)22(15-21(19)11-3-4-12-21)14-17-6-8-18(23-2)9-7-17;14-11-3-4-12-10(9-11)5-8-13(12)6-1-2-7-13;1-2-3;/h5-10,13H,3-4,11-12,14-15H2,1-2H3;3-4,9,14H,1-2,5-8H2;3H,2H2,1H3;1H. The normalized spacial score (nSPS) is 18.6. The Balaban J connectivity index is 0.000000184. The smallest absolute Gasteiger partial charge is 0.118 e. The summed E-state index contributed by atoms with van der Waals surface area (Å²) in [5.41, 5.74) is 9.61. The third kappa shape index (κ3) is 6.54. The number of nitrogens with zero attached hydrogens (tertiary/aromatic N) is 1. The number of benzene rings is 3. The first-order valence-corrected chi connectivity index (χ1v) is 15.3. The summed E-state index contributed by atoms with van der Waals surface area (Å²) >= 11 is 0. The second-order valence-electron chi connectivity index (χ2n) is 12.4. The highest BCUT2D eigenvalue weighted by molar-refractivity contribution is 5.85. The van der Waals surface area contributed by atoms with Crippen LogP contribution < -0.4 is 9.64 Å². The fourth-order valence-corrected chi connectivity index (χ4v) is 7.84. The number of aliphatic hydroxyl groups is 1. The molecular formula is C36H48ClNO3. The fraction of sp³-hybridized carbons (Fsp3) is 0.500. The van der Waals surface area contributed by atoms with Crippen LogP contribution in [-0.2, 0) is 23.8 Å². The van der Waals surface area contributed by atoms with E-state index in [0.717, 1.165) is 12.3 Å². The lowest BCUT2D eigenvalue weighted by Gasteiger charge is -2.25. The van der Waals surface area contributed by atoms with Gasteiger partial charge in [-0.1, -0.05) is 56.0 Å². The Hall–Kier alpha value is -2.69. The van der Waals surface area contributed by atoms with Gasteiger partial charge in [-0.3, -0.25) is 0 Å². The summed E-state index contributed by atoms with van der Waals surface area (Å²) in [6, 6.07) is 21.5. The van der Waals surface area contributed by atoms with Gasteiger partial charge in [0, 0.05) is 30.8 Å². The highest BCUT2D eigenvalue weighted by atomic mass is 35.5. The number of methoxy groups -OCH3 is 1. The Bertz CT molecular complexity index is 1280. The number of aliphatic hydroxyl groups excluding tert-OH is 1. The summed E-state index contributed by atoms with van der Waals surface area (Å²) < 4.78 is 5.27. The van der Waals surface area contributed by atoms with Gasteiger partial charge in [0.05, 0.1) is 7.11 Å². The number of rotatable bonds is 3. The van der Waals surface area contributed by atoms with Crippen LogP contribution >= 0.6 is 12.4 Å². The van der Waals surface area contributed by atoms with E-state index in [-0.39, 0.29) is 19.0 Å². The van der Waals surface area contributed by atoms with Gasteiger partial charge in [0.15, 0.2) is 0 Å². The molecule has 3 aromatic carbocycles. The third-order valence-corrected chi connectivity index (χ3v) is 9.75.